The zero-order valence-electron chi connectivity index (χ0n) is 31.0. The first kappa shape index (κ1) is 39.6. The summed E-state index contributed by atoms with van der Waals surface area (Å²) in [5.74, 6) is 0.547. The molecule has 0 amide bonds. The van der Waals surface area contributed by atoms with Gasteiger partial charge in [-0.25, -0.2) is 4.98 Å². The zero-order chi connectivity index (χ0) is 35.5. The maximum absolute atomic E-state index is 11.7. The molecule has 0 aliphatic carbocycles. The number of allylic oxidation sites excluding steroid dienone is 2. The quantitative estimate of drug-likeness (QED) is 0.0693. The Bertz CT molecular complexity index is 2030. The Kier molecular flexibility index (Phi) is 13.0. The molecule has 7 heteroatoms. The number of ketones is 1. The van der Waals surface area contributed by atoms with Gasteiger partial charge < -0.3 is 5.11 Å². The van der Waals surface area contributed by atoms with Crippen molar-refractivity contribution in [2.45, 2.75) is 92.7 Å². The molecule has 265 valence electrons. The molecule has 0 fully saturated rings. The largest absolute Gasteiger partial charge is 0.512 e. The van der Waals surface area contributed by atoms with Crippen molar-refractivity contribution in [3.8, 4) is 21.7 Å². The van der Waals surface area contributed by atoms with E-state index in [1.807, 2.05) is 27.7 Å². The minimum absolute atomic E-state index is 0. The first-order valence-corrected chi connectivity index (χ1v) is 21.7. The van der Waals surface area contributed by atoms with Gasteiger partial charge >= 0.3 is 0 Å². The molecule has 0 spiro atoms. The normalized spacial score (nSPS) is 13.8. The van der Waals surface area contributed by atoms with E-state index >= 15 is 0 Å². The van der Waals surface area contributed by atoms with Crippen molar-refractivity contribution >= 4 is 57.4 Å². The molecule has 0 bridgehead atoms. The Morgan fingerprint density at radius 1 is 0.940 bits per heavy atom. The molecule has 0 unspecified atom stereocenters. The molecule has 1 aliphatic heterocycles. The number of aliphatic hydroxyl groups excluding tert-OH is 1. The summed E-state index contributed by atoms with van der Waals surface area (Å²) in [7, 11) is -1.42. The van der Waals surface area contributed by atoms with E-state index < -0.39 is 8.07 Å². The Morgan fingerprint density at radius 2 is 1.62 bits per heavy atom. The maximum Gasteiger partial charge on any atom is 0.162 e. The van der Waals surface area contributed by atoms with Crippen molar-refractivity contribution in [2.75, 3.05) is 0 Å². The van der Waals surface area contributed by atoms with E-state index in [0.717, 1.165) is 52.5 Å². The number of rotatable bonds is 9. The summed E-state index contributed by atoms with van der Waals surface area (Å²) in [6.07, 6.45) is 8.90. The summed E-state index contributed by atoms with van der Waals surface area (Å²) in [6.45, 7) is 19.7. The number of carbonyl (C=O) groups excluding carboxylic acids is 1. The number of aliphatic hydroxyl groups is 1. The number of nitrogens with zero attached hydrogens (tertiary/aromatic N) is 2. The number of carbonyl (C=O) groups is 1. The van der Waals surface area contributed by atoms with Crippen molar-refractivity contribution in [1.29, 1.82) is 0 Å². The molecule has 50 heavy (non-hydrogen) atoms. The van der Waals surface area contributed by atoms with Crippen LogP contribution in [-0.4, -0.2) is 28.9 Å². The van der Waals surface area contributed by atoms with Gasteiger partial charge in [0.25, 0.3) is 0 Å². The van der Waals surface area contributed by atoms with Gasteiger partial charge in [-0.15, -0.1) is 40.5 Å². The average Bonchev–Trinajstić information content (AvgIpc) is 3.65. The Morgan fingerprint density at radius 3 is 2.28 bits per heavy atom. The van der Waals surface area contributed by atoms with Crippen molar-refractivity contribution in [3.05, 3.63) is 95.7 Å². The predicted molar refractivity (Wildman–Crippen MR) is 213 cm³/mol. The van der Waals surface area contributed by atoms with Crippen LogP contribution in [0.5, 0.6) is 0 Å². The molecule has 0 saturated heterocycles. The number of benzene rings is 3. The van der Waals surface area contributed by atoms with E-state index in [0.29, 0.717) is 0 Å². The zero-order valence-corrected chi connectivity index (χ0v) is 35.2. The first-order valence-electron chi connectivity index (χ1n) is 17.8. The van der Waals surface area contributed by atoms with Crippen molar-refractivity contribution in [1.82, 2.24) is 9.97 Å². The van der Waals surface area contributed by atoms with E-state index in [-0.39, 0.29) is 48.9 Å². The van der Waals surface area contributed by atoms with Crippen LogP contribution in [0.4, 0.5) is 0 Å². The summed E-state index contributed by atoms with van der Waals surface area (Å²) < 4.78 is 1.12. The van der Waals surface area contributed by atoms with E-state index in [1.165, 1.54) is 38.2 Å². The molecule has 1 N–H and O–H groups in total. The molecule has 6 rings (SSSR count). The Labute approximate surface area is 317 Å². The molecular formula is C43H51IrN2O2SSi-. The fraction of sp³-hybridized carbons (Fsp3) is 0.372. The van der Waals surface area contributed by atoms with Gasteiger partial charge in [0, 0.05) is 53.3 Å². The first-order chi connectivity index (χ1) is 23.3. The third kappa shape index (κ3) is 8.45. The Hall–Kier alpha value is -3.22. The Balaban J connectivity index is 0.000000301. The molecule has 1 radical (unpaired) electrons. The van der Waals surface area contributed by atoms with Crippen molar-refractivity contribution in [2.24, 2.45) is 11.8 Å². The van der Waals surface area contributed by atoms with Crippen LogP contribution >= 0.6 is 11.3 Å². The third-order valence-corrected chi connectivity index (χ3v) is 14.0. The number of fused-ring (bicyclic) bond motifs is 3. The minimum Gasteiger partial charge on any atom is -0.512 e. The summed E-state index contributed by atoms with van der Waals surface area (Å²) in [5, 5.41) is 13.7. The number of aromatic nitrogens is 2. The fourth-order valence-corrected chi connectivity index (χ4v) is 10.1. The number of thiophene rings is 1. The predicted octanol–water partition coefficient (Wildman–Crippen LogP) is 11.6. The molecule has 1 aliphatic rings. The molecule has 5 aromatic rings. The second-order valence-electron chi connectivity index (χ2n) is 14.8. The van der Waals surface area contributed by atoms with Gasteiger partial charge in [0.2, 0.25) is 0 Å². The van der Waals surface area contributed by atoms with Gasteiger partial charge in [-0.3, -0.25) is 9.78 Å². The van der Waals surface area contributed by atoms with E-state index in [4.69, 9.17) is 4.98 Å². The molecule has 0 saturated carbocycles. The molecular weight excluding hydrogens is 829 g/mol. The van der Waals surface area contributed by atoms with Gasteiger partial charge in [0.1, 0.15) is 14.4 Å². The van der Waals surface area contributed by atoms with E-state index in [1.54, 1.807) is 17.7 Å². The van der Waals surface area contributed by atoms with Crippen LogP contribution in [0.1, 0.15) is 85.3 Å². The molecule has 3 heterocycles. The monoisotopic (exact) mass is 880 g/mol. The SMILES string of the molecule is CC(C)(C)c1cc(-c2ncnc3cc(-c4ccc5c(c4)C=C[Si]5(C)C)sc23)[c-]c2ccccc12.CCC(CC)C(=O)/C=C(\O)C(CC)CC.[Ir]. The van der Waals surface area contributed by atoms with Crippen LogP contribution in [-0.2, 0) is 30.3 Å². The van der Waals surface area contributed by atoms with Gasteiger partial charge in [0.05, 0.1) is 11.3 Å². The summed E-state index contributed by atoms with van der Waals surface area (Å²) in [4.78, 5) is 22.3. The summed E-state index contributed by atoms with van der Waals surface area (Å²) in [5.41, 5.74) is 9.38. The van der Waals surface area contributed by atoms with Gasteiger partial charge in [-0.05, 0) is 59.5 Å². The number of hydrogen-bond acceptors (Lipinski definition) is 5. The molecule has 4 nitrogen and oxygen atoms in total. The molecule has 0 atom stereocenters. The smallest absolute Gasteiger partial charge is 0.162 e. The van der Waals surface area contributed by atoms with Crippen molar-refractivity contribution < 1.29 is 30.0 Å². The van der Waals surface area contributed by atoms with E-state index in [9.17, 15) is 9.90 Å². The second-order valence-corrected chi connectivity index (χ2v) is 20.2. The van der Waals surface area contributed by atoms with Gasteiger partial charge in [-0.1, -0.05) is 115 Å². The van der Waals surface area contributed by atoms with Crippen LogP contribution in [0.25, 0.3) is 48.8 Å². The average molecular weight is 880 g/mol. The number of hydrogen-bond donors (Lipinski definition) is 1. The van der Waals surface area contributed by atoms with Crippen LogP contribution in [0.15, 0.2) is 78.5 Å². The van der Waals surface area contributed by atoms with Gasteiger partial charge in [-0.2, -0.15) is 0 Å². The summed E-state index contributed by atoms with van der Waals surface area (Å²) in [6, 6.07) is 23.6. The van der Waals surface area contributed by atoms with Gasteiger partial charge in [0.15, 0.2) is 5.78 Å². The third-order valence-electron chi connectivity index (χ3n) is 9.94. The topological polar surface area (TPSA) is 63.1 Å². The second kappa shape index (κ2) is 16.4. The van der Waals surface area contributed by atoms with Crippen LogP contribution in [0, 0.1) is 17.9 Å². The molecule has 3 aromatic carbocycles. The minimum atomic E-state index is -1.42. The van der Waals surface area contributed by atoms with Crippen molar-refractivity contribution in [3.63, 3.8) is 0 Å². The van der Waals surface area contributed by atoms with Crippen LogP contribution in [0.2, 0.25) is 13.1 Å². The van der Waals surface area contributed by atoms with Crippen LogP contribution in [0.3, 0.4) is 0 Å². The fourth-order valence-electron chi connectivity index (χ4n) is 6.77. The van der Waals surface area contributed by atoms with Crippen LogP contribution < -0.4 is 5.19 Å². The molecule has 2 aromatic heterocycles. The summed E-state index contributed by atoms with van der Waals surface area (Å²) >= 11 is 1.78. The maximum atomic E-state index is 11.7. The standard InChI is InChI=1S/C30H27N2SSi.C13H24O2.Ir/c1-30(2,3)24-16-22(14-19-8-6-7-9-23(19)24)28-29-25(31-18-32-28)17-26(33-29)20-10-11-27-21(15-20)12-13-34(27,4)5;1-5-10(6-2)12(14)9-13(15)11(7-3)8-4;/h6-13,15-18H,1-5H3;9-11,14H,5-8H2,1-4H3;/q-1;;/b;12-9-;. The van der Waals surface area contributed by atoms with E-state index in [2.05, 4.69) is 111 Å².